The van der Waals surface area contributed by atoms with Gasteiger partial charge in [-0.3, -0.25) is 4.79 Å². The molecule has 1 saturated carbocycles. The highest BCUT2D eigenvalue weighted by atomic mass is 32.1. The van der Waals surface area contributed by atoms with Gasteiger partial charge in [0.05, 0.1) is 11.9 Å². The second kappa shape index (κ2) is 6.70. The summed E-state index contributed by atoms with van der Waals surface area (Å²) in [7, 11) is 0. The molecule has 1 N–H and O–H groups in total. The number of anilines is 1. The molecule has 6 nitrogen and oxygen atoms in total. The van der Waals surface area contributed by atoms with Gasteiger partial charge in [0, 0.05) is 25.0 Å². The van der Waals surface area contributed by atoms with Crippen LogP contribution in [0.4, 0.5) is 5.13 Å². The van der Waals surface area contributed by atoms with Crippen molar-refractivity contribution in [2.24, 2.45) is 5.92 Å². The van der Waals surface area contributed by atoms with Gasteiger partial charge in [-0.1, -0.05) is 30.6 Å². The molecule has 7 heteroatoms. The number of nitrogens with one attached hydrogen (secondary N) is 1. The van der Waals surface area contributed by atoms with Gasteiger partial charge >= 0.3 is 0 Å². The van der Waals surface area contributed by atoms with Crippen LogP contribution in [0, 0.1) is 12.8 Å². The molecular weight excluding hydrogens is 322 g/mol. The zero-order valence-corrected chi connectivity index (χ0v) is 15.0. The molecule has 24 heavy (non-hydrogen) atoms. The number of hydrogen-bond acceptors (Lipinski definition) is 5. The maximum atomic E-state index is 12.6. The number of carbonyl (C=O) groups excluding carboxylic acids is 1. The molecule has 2 aromatic rings. The summed E-state index contributed by atoms with van der Waals surface area (Å²) in [6.45, 7) is 3.72. The molecule has 0 atom stereocenters. The number of fused-ring (bicyclic) bond motifs is 1. The largest absolute Gasteiger partial charge is 0.357 e. The minimum atomic E-state index is 0.290. The molecule has 4 rings (SSSR count). The molecule has 1 aliphatic heterocycles. The lowest BCUT2D eigenvalue weighted by Crippen LogP contribution is -2.45. The van der Waals surface area contributed by atoms with E-state index in [1.54, 1.807) is 11.3 Å². The summed E-state index contributed by atoms with van der Waals surface area (Å²) in [6, 6.07) is 0.400. The van der Waals surface area contributed by atoms with Crippen LogP contribution in [0.15, 0.2) is 6.20 Å². The molecule has 1 aliphatic carbocycles. The Labute approximate surface area is 146 Å². The van der Waals surface area contributed by atoms with Crippen molar-refractivity contribution in [1.82, 2.24) is 19.5 Å². The molecular formula is C17H25N5OS. The van der Waals surface area contributed by atoms with E-state index in [1.807, 2.05) is 17.6 Å². The van der Waals surface area contributed by atoms with Crippen molar-refractivity contribution >= 4 is 27.3 Å². The van der Waals surface area contributed by atoms with Crippen molar-refractivity contribution in [3.05, 3.63) is 11.9 Å². The summed E-state index contributed by atoms with van der Waals surface area (Å²) in [4.78, 5) is 20.1. The predicted octanol–water partition coefficient (Wildman–Crippen LogP) is 3.08. The maximum absolute atomic E-state index is 12.6. The van der Waals surface area contributed by atoms with Crippen LogP contribution >= 0.6 is 11.3 Å². The smallest absolute Gasteiger partial charge is 0.225 e. The van der Waals surface area contributed by atoms with E-state index >= 15 is 0 Å². The minimum absolute atomic E-state index is 0.290. The van der Waals surface area contributed by atoms with Crippen LogP contribution in [-0.4, -0.2) is 44.5 Å². The monoisotopic (exact) mass is 347 g/mol. The number of aromatic nitrogens is 3. The van der Waals surface area contributed by atoms with Gasteiger partial charge in [-0.2, -0.15) is 0 Å². The number of imidazole rings is 1. The normalized spacial score (nSPS) is 20.6. The van der Waals surface area contributed by atoms with Gasteiger partial charge in [-0.15, -0.1) is 5.10 Å². The Morgan fingerprint density at radius 2 is 1.96 bits per heavy atom. The molecule has 130 valence electrons. The van der Waals surface area contributed by atoms with E-state index in [0.717, 1.165) is 54.6 Å². The lowest BCUT2D eigenvalue weighted by Gasteiger charge is -2.35. The van der Waals surface area contributed by atoms with Crippen LogP contribution in [-0.2, 0) is 4.79 Å². The first-order chi connectivity index (χ1) is 11.7. The molecule has 1 saturated heterocycles. The average molecular weight is 347 g/mol. The van der Waals surface area contributed by atoms with Crippen LogP contribution < -0.4 is 5.32 Å². The van der Waals surface area contributed by atoms with Crippen LogP contribution in [0.2, 0.25) is 0 Å². The fourth-order valence-corrected chi connectivity index (χ4v) is 4.80. The summed E-state index contributed by atoms with van der Waals surface area (Å²) in [5.74, 6) is 0.689. The molecule has 0 spiro atoms. The third-order valence-electron chi connectivity index (χ3n) is 5.25. The van der Waals surface area contributed by atoms with Gasteiger partial charge in [0.25, 0.3) is 0 Å². The Morgan fingerprint density at radius 1 is 1.21 bits per heavy atom. The highest BCUT2D eigenvalue weighted by Crippen LogP contribution is 2.27. The summed E-state index contributed by atoms with van der Waals surface area (Å²) in [5, 5.41) is 8.99. The quantitative estimate of drug-likeness (QED) is 0.927. The van der Waals surface area contributed by atoms with Crippen molar-refractivity contribution in [2.45, 2.75) is 57.9 Å². The highest BCUT2D eigenvalue weighted by Gasteiger charge is 2.29. The van der Waals surface area contributed by atoms with Gasteiger partial charge in [0.15, 0.2) is 0 Å². The van der Waals surface area contributed by atoms with E-state index in [4.69, 9.17) is 0 Å². The number of carbonyl (C=O) groups is 1. The molecule has 0 radical (unpaired) electrons. The number of amides is 1. The SMILES string of the molecule is Cc1cn2nc(NC3CCN(C(=O)C4CCCCC4)CC3)sc2n1. The van der Waals surface area contributed by atoms with E-state index in [2.05, 4.69) is 20.3 Å². The Hall–Kier alpha value is -1.63. The average Bonchev–Trinajstić information content (AvgIpc) is 3.12. The first-order valence-corrected chi connectivity index (χ1v) is 9.89. The minimum Gasteiger partial charge on any atom is -0.357 e. The molecule has 2 aromatic heterocycles. The molecule has 0 unspecified atom stereocenters. The van der Waals surface area contributed by atoms with Gasteiger partial charge in [-0.25, -0.2) is 9.50 Å². The Kier molecular flexibility index (Phi) is 4.43. The molecule has 2 aliphatic rings. The first-order valence-electron chi connectivity index (χ1n) is 9.07. The van der Waals surface area contributed by atoms with Gasteiger partial charge < -0.3 is 10.2 Å². The number of piperidine rings is 1. The molecule has 1 amide bonds. The lowest BCUT2D eigenvalue weighted by molar-refractivity contribution is -0.137. The fourth-order valence-electron chi connectivity index (χ4n) is 3.89. The van der Waals surface area contributed by atoms with Crippen LogP contribution in [0.1, 0.15) is 50.6 Å². The summed E-state index contributed by atoms with van der Waals surface area (Å²) < 4.78 is 1.84. The zero-order valence-electron chi connectivity index (χ0n) is 14.2. The molecule has 3 heterocycles. The number of likely N-dealkylation sites (tertiary alicyclic amines) is 1. The third-order valence-corrected chi connectivity index (χ3v) is 6.11. The summed E-state index contributed by atoms with van der Waals surface area (Å²) in [5.41, 5.74) is 0.995. The number of nitrogens with zero attached hydrogens (tertiary/aromatic N) is 4. The van der Waals surface area contributed by atoms with Crippen LogP contribution in [0.25, 0.3) is 4.96 Å². The van der Waals surface area contributed by atoms with Crippen molar-refractivity contribution in [2.75, 3.05) is 18.4 Å². The second-order valence-electron chi connectivity index (χ2n) is 7.10. The standard InChI is InChI=1S/C17H25N5OS/c1-12-11-22-17(18-12)24-16(20-22)19-14-7-9-21(10-8-14)15(23)13-5-3-2-4-6-13/h11,13-14H,2-10H2,1H3,(H,19,20). The molecule has 0 bridgehead atoms. The van der Waals surface area contributed by atoms with E-state index < -0.39 is 0 Å². The third kappa shape index (κ3) is 3.27. The van der Waals surface area contributed by atoms with Crippen LogP contribution in [0.3, 0.4) is 0 Å². The van der Waals surface area contributed by atoms with E-state index in [9.17, 15) is 4.79 Å². The molecule has 2 fully saturated rings. The number of hydrogen-bond donors (Lipinski definition) is 1. The maximum Gasteiger partial charge on any atom is 0.225 e. The van der Waals surface area contributed by atoms with E-state index in [0.29, 0.717) is 17.9 Å². The zero-order chi connectivity index (χ0) is 16.5. The van der Waals surface area contributed by atoms with Gasteiger partial charge in [-0.05, 0) is 32.6 Å². The topological polar surface area (TPSA) is 62.5 Å². The van der Waals surface area contributed by atoms with E-state index in [-0.39, 0.29) is 0 Å². The Bertz CT molecular complexity index is 678. The number of rotatable bonds is 3. The highest BCUT2D eigenvalue weighted by molar-refractivity contribution is 7.20. The van der Waals surface area contributed by atoms with Crippen molar-refractivity contribution < 1.29 is 4.79 Å². The van der Waals surface area contributed by atoms with Crippen molar-refractivity contribution in [3.8, 4) is 0 Å². The summed E-state index contributed by atoms with van der Waals surface area (Å²) in [6.07, 6.45) is 9.87. The Balaban J connectivity index is 1.30. The lowest BCUT2D eigenvalue weighted by atomic mass is 9.87. The fraction of sp³-hybridized carbons (Fsp3) is 0.706. The van der Waals surface area contributed by atoms with Gasteiger partial charge in [0.2, 0.25) is 16.0 Å². The predicted molar refractivity (Wildman–Crippen MR) is 95.4 cm³/mol. The second-order valence-corrected chi connectivity index (χ2v) is 8.05. The molecule has 0 aromatic carbocycles. The van der Waals surface area contributed by atoms with Gasteiger partial charge in [0.1, 0.15) is 0 Å². The Morgan fingerprint density at radius 3 is 2.67 bits per heavy atom. The van der Waals surface area contributed by atoms with E-state index in [1.165, 1.54) is 19.3 Å². The number of aryl methyl sites for hydroxylation is 1. The van der Waals surface area contributed by atoms with Crippen LogP contribution in [0.5, 0.6) is 0 Å². The first kappa shape index (κ1) is 15.9. The van der Waals surface area contributed by atoms with Crippen molar-refractivity contribution in [3.63, 3.8) is 0 Å². The summed E-state index contributed by atoms with van der Waals surface area (Å²) >= 11 is 1.59. The van der Waals surface area contributed by atoms with Crippen molar-refractivity contribution in [1.29, 1.82) is 0 Å².